The lowest BCUT2D eigenvalue weighted by Gasteiger charge is -2.37. The molecule has 1 fully saturated rings. The Bertz CT molecular complexity index is 443. The SMILES string of the molecule is C=C(CCC1=CCC(N/C=N/C)C=C1)N1CCC1=C. The Morgan fingerprint density at radius 3 is 3.00 bits per heavy atom. The molecule has 1 saturated heterocycles. The van der Waals surface area contributed by atoms with Gasteiger partial charge in [-0.05, 0) is 19.3 Å². The van der Waals surface area contributed by atoms with Gasteiger partial charge < -0.3 is 10.2 Å². The van der Waals surface area contributed by atoms with E-state index in [1.54, 1.807) is 13.4 Å². The number of hydrogen-bond acceptors (Lipinski definition) is 2. The van der Waals surface area contributed by atoms with Crippen molar-refractivity contribution < 1.29 is 0 Å². The van der Waals surface area contributed by atoms with Gasteiger partial charge in [0.15, 0.2) is 0 Å². The first-order valence-electron chi connectivity index (χ1n) is 6.87. The van der Waals surface area contributed by atoms with Gasteiger partial charge in [0.2, 0.25) is 0 Å². The maximum absolute atomic E-state index is 4.15. The molecule has 1 unspecified atom stereocenters. The Balaban J connectivity index is 1.73. The van der Waals surface area contributed by atoms with E-state index >= 15 is 0 Å². The molecule has 2 aliphatic rings. The van der Waals surface area contributed by atoms with Crippen LogP contribution in [0.5, 0.6) is 0 Å². The topological polar surface area (TPSA) is 27.6 Å². The van der Waals surface area contributed by atoms with E-state index in [0.717, 1.165) is 32.2 Å². The average Bonchev–Trinajstić information content (AvgIpc) is 2.42. The highest BCUT2D eigenvalue weighted by molar-refractivity contribution is 5.55. The highest BCUT2D eigenvalue weighted by Crippen LogP contribution is 2.28. The smallest absolute Gasteiger partial charge is 0.0825 e. The lowest BCUT2D eigenvalue weighted by Crippen LogP contribution is -2.33. The lowest BCUT2D eigenvalue weighted by molar-refractivity contribution is 0.315. The predicted octanol–water partition coefficient (Wildman–Crippen LogP) is 3.00. The van der Waals surface area contributed by atoms with Gasteiger partial charge in [0, 0.05) is 37.4 Å². The summed E-state index contributed by atoms with van der Waals surface area (Å²) < 4.78 is 0. The summed E-state index contributed by atoms with van der Waals surface area (Å²) >= 11 is 0. The van der Waals surface area contributed by atoms with Gasteiger partial charge >= 0.3 is 0 Å². The highest BCUT2D eigenvalue weighted by Gasteiger charge is 2.20. The van der Waals surface area contributed by atoms with Gasteiger partial charge in [-0.15, -0.1) is 0 Å². The van der Waals surface area contributed by atoms with Crippen molar-refractivity contribution in [2.45, 2.75) is 31.7 Å². The third-order valence-corrected chi connectivity index (χ3v) is 3.68. The van der Waals surface area contributed by atoms with Gasteiger partial charge in [-0.25, -0.2) is 0 Å². The molecule has 3 heteroatoms. The fourth-order valence-electron chi connectivity index (χ4n) is 2.33. The molecule has 0 bridgehead atoms. The Hall–Kier alpha value is -1.77. The molecule has 0 aromatic carbocycles. The summed E-state index contributed by atoms with van der Waals surface area (Å²) in [5, 5.41) is 3.24. The van der Waals surface area contributed by atoms with Gasteiger partial charge in [-0.3, -0.25) is 4.99 Å². The minimum Gasteiger partial charge on any atom is -0.370 e. The summed E-state index contributed by atoms with van der Waals surface area (Å²) in [5.74, 6) is 0. The second-order valence-corrected chi connectivity index (χ2v) is 5.07. The van der Waals surface area contributed by atoms with E-state index in [2.05, 4.69) is 46.6 Å². The van der Waals surface area contributed by atoms with Crippen molar-refractivity contribution >= 4 is 6.34 Å². The van der Waals surface area contributed by atoms with Crippen LogP contribution in [0.15, 0.2) is 53.3 Å². The first-order chi connectivity index (χ1) is 9.20. The number of hydrogen-bond donors (Lipinski definition) is 1. The molecule has 0 spiro atoms. The van der Waals surface area contributed by atoms with E-state index in [-0.39, 0.29) is 0 Å². The first-order valence-corrected chi connectivity index (χ1v) is 6.87. The summed E-state index contributed by atoms with van der Waals surface area (Å²) in [6, 6.07) is 0.380. The average molecular weight is 257 g/mol. The van der Waals surface area contributed by atoms with Crippen molar-refractivity contribution in [2.75, 3.05) is 13.6 Å². The second-order valence-electron chi connectivity index (χ2n) is 5.07. The van der Waals surface area contributed by atoms with Crippen molar-refractivity contribution in [2.24, 2.45) is 4.99 Å². The van der Waals surface area contributed by atoms with Crippen LogP contribution in [-0.4, -0.2) is 30.9 Å². The minimum absolute atomic E-state index is 0.380. The summed E-state index contributed by atoms with van der Waals surface area (Å²) in [7, 11) is 1.77. The lowest BCUT2D eigenvalue weighted by atomic mass is 9.98. The molecule has 1 N–H and O–H groups in total. The zero-order valence-corrected chi connectivity index (χ0v) is 11.7. The van der Waals surface area contributed by atoms with Crippen LogP contribution >= 0.6 is 0 Å². The zero-order chi connectivity index (χ0) is 13.7. The van der Waals surface area contributed by atoms with Crippen LogP contribution in [0.25, 0.3) is 0 Å². The minimum atomic E-state index is 0.380. The summed E-state index contributed by atoms with van der Waals surface area (Å²) in [6.45, 7) is 9.26. The molecule has 1 aliphatic heterocycles. The predicted molar refractivity (Wildman–Crippen MR) is 82.0 cm³/mol. The monoisotopic (exact) mass is 257 g/mol. The third kappa shape index (κ3) is 3.60. The Kier molecular flexibility index (Phi) is 4.61. The molecule has 0 aromatic heterocycles. The Labute approximate surface area is 116 Å². The van der Waals surface area contributed by atoms with Crippen molar-refractivity contribution in [3.05, 3.63) is 48.4 Å². The van der Waals surface area contributed by atoms with E-state index in [0.29, 0.717) is 6.04 Å². The fourth-order valence-corrected chi connectivity index (χ4v) is 2.33. The third-order valence-electron chi connectivity index (χ3n) is 3.68. The quantitative estimate of drug-likeness (QED) is 0.585. The van der Waals surface area contributed by atoms with Crippen molar-refractivity contribution in [3.8, 4) is 0 Å². The van der Waals surface area contributed by atoms with Crippen molar-refractivity contribution in [1.82, 2.24) is 10.2 Å². The van der Waals surface area contributed by atoms with Crippen LogP contribution in [-0.2, 0) is 0 Å². The van der Waals surface area contributed by atoms with Gasteiger partial charge in [-0.2, -0.15) is 0 Å². The number of likely N-dealkylation sites (tertiary alicyclic amines) is 1. The normalized spacial score (nSPS) is 22.4. The molecule has 1 aliphatic carbocycles. The van der Waals surface area contributed by atoms with E-state index in [9.17, 15) is 0 Å². The first kappa shape index (κ1) is 13.7. The molecule has 19 heavy (non-hydrogen) atoms. The van der Waals surface area contributed by atoms with E-state index < -0.39 is 0 Å². The maximum Gasteiger partial charge on any atom is 0.0825 e. The van der Waals surface area contributed by atoms with Gasteiger partial charge in [-0.1, -0.05) is 37.0 Å². The molecule has 0 aromatic rings. The number of aliphatic imine (C=N–C) groups is 1. The molecule has 3 nitrogen and oxygen atoms in total. The van der Waals surface area contributed by atoms with Crippen LogP contribution in [0.4, 0.5) is 0 Å². The number of rotatable bonds is 6. The maximum atomic E-state index is 4.15. The second kappa shape index (κ2) is 6.41. The van der Waals surface area contributed by atoms with Gasteiger partial charge in [0.1, 0.15) is 0 Å². The van der Waals surface area contributed by atoms with E-state index in [1.165, 1.54) is 17.0 Å². The van der Waals surface area contributed by atoms with Crippen LogP contribution < -0.4 is 5.32 Å². The number of allylic oxidation sites excluding steroid dienone is 3. The molecule has 1 atom stereocenters. The molecule has 2 rings (SSSR count). The summed E-state index contributed by atoms with van der Waals surface area (Å²) in [5.41, 5.74) is 3.81. The highest BCUT2D eigenvalue weighted by atomic mass is 15.2. The van der Waals surface area contributed by atoms with Crippen LogP contribution in [0.3, 0.4) is 0 Å². The van der Waals surface area contributed by atoms with Crippen molar-refractivity contribution in [1.29, 1.82) is 0 Å². The standard InChI is InChI=1S/C16H23N3/c1-13(19-11-10-14(19)2)4-5-15-6-8-16(9-7-15)18-12-17-3/h6-8,12,16H,1-2,4-5,9-11H2,3H3,(H,17,18). The zero-order valence-electron chi connectivity index (χ0n) is 11.7. The molecular formula is C16H23N3. The van der Waals surface area contributed by atoms with Gasteiger partial charge in [0.25, 0.3) is 0 Å². The van der Waals surface area contributed by atoms with E-state index in [1.807, 2.05) is 0 Å². The molecule has 0 saturated carbocycles. The summed E-state index contributed by atoms with van der Waals surface area (Å²) in [4.78, 5) is 6.17. The van der Waals surface area contributed by atoms with Gasteiger partial charge in [0.05, 0.1) is 6.34 Å². The molecule has 0 amide bonds. The number of nitrogens with zero attached hydrogens (tertiary/aromatic N) is 2. The van der Waals surface area contributed by atoms with Crippen LogP contribution in [0.2, 0.25) is 0 Å². The Morgan fingerprint density at radius 1 is 1.63 bits per heavy atom. The largest absolute Gasteiger partial charge is 0.370 e. The fraction of sp³-hybridized carbons (Fsp3) is 0.438. The van der Waals surface area contributed by atoms with E-state index in [4.69, 9.17) is 0 Å². The molecule has 1 heterocycles. The summed E-state index contributed by atoms with van der Waals surface area (Å²) in [6.07, 6.45) is 12.7. The van der Waals surface area contributed by atoms with Crippen LogP contribution in [0.1, 0.15) is 25.7 Å². The van der Waals surface area contributed by atoms with Crippen molar-refractivity contribution in [3.63, 3.8) is 0 Å². The molecule has 102 valence electrons. The molecular weight excluding hydrogens is 234 g/mol. The number of nitrogens with one attached hydrogen (secondary N) is 1. The van der Waals surface area contributed by atoms with Crippen LogP contribution in [0, 0.1) is 0 Å². The Morgan fingerprint density at radius 2 is 2.47 bits per heavy atom. The molecule has 0 radical (unpaired) electrons.